The van der Waals surface area contributed by atoms with Crippen molar-refractivity contribution in [3.05, 3.63) is 53.6 Å². The van der Waals surface area contributed by atoms with Crippen molar-refractivity contribution in [2.24, 2.45) is 0 Å². The lowest BCUT2D eigenvalue weighted by Gasteiger charge is -2.14. The molecule has 0 aromatic heterocycles. The third-order valence-corrected chi connectivity index (χ3v) is 2.74. The van der Waals surface area contributed by atoms with Gasteiger partial charge in [-0.1, -0.05) is 30.4 Å². The summed E-state index contributed by atoms with van der Waals surface area (Å²) in [7, 11) is 0. The van der Waals surface area contributed by atoms with Gasteiger partial charge in [0.1, 0.15) is 0 Å². The number of allylic oxidation sites excluding steroid dienone is 2. The Hall–Kier alpha value is -1.87. The van der Waals surface area contributed by atoms with Gasteiger partial charge in [-0.3, -0.25) is 0 Å². The number of aliphatic hydroxyl groups is 1. The number of nitrogens with one attached hydrogen (secondary N) is 2. The van der Waals surface area contributed by atoms with Crippen molar-refractivity contribution in [2.45, 2.75) is 19.6 Å². The van der Waals surface area contributed by atoms with Crippen LogP contribution in [0.15, 0.2) is 48.1 Å². The fourth-order valence-corrected chi connectivity index (χ4v) is 1.74. The molecule has 3 heteroatoms. The standard InChI is InChI=1S/C14H16N2O/c1-10(15)11-6-8-13(9-7-11)16-14(17)12-4-2-3-5-12/h2,4-9,14-17H,3H2,1H3. The Labute approximate surface area is 101 Å². The van der Waals surface area contributed by atoms with E-state index in [0.717, 1.165) is 23.2 Å². The summed E-state index contributed by atoms with van der Waals surface area (Å²) in [6.07, 6.45) is 6.16. The molecule has 0 aliphatic heterocycles. The lowest BCUT2D eigenvalue weighted by molar-refractivity contribution is 0.244. The molecule has 1 unspecified atom stereocenters. The van der Waals surface area contributed by atoms with Crippen molar-refractivity contribution in [3.63, 3.8) is 0 Å². The summed E-state index contributed by atoms with van der Waals surface area (Å²) in [5, 5.41) is 20.4. The fourth-order valence-electron chi connectivity index (χ4n) is 1.74. The van der Waals surface area contributed by atoms with Gasteiger partial charge in [-0.05, 0) is 36.6 Å². The molecule has 3 N–H and O–H groups in total. The van der Waals surface area contributed by atoms with Crippen LogP contribution in [0, 0.1) is 5.41 Å². The van der Waals surface area contributed by atoms with E-state index in [9.17, 15) is 5.11 Å². The van der Waals surface area contributed by atoms with Crippen LogP contribution >= 0.6 is 0 Å². The van der Waals surface area contributed by atoms with Crippen LogP contribution in [0.1, 0.15) is 18.9 Å². The summed E-state index contributed by atoms with van der Waals surface area (Å²) in [5.41, 5.74) is 3.18. The van der Waals surface area contributed by atoms with Crippen molar-refractivity contribution >= 4 is 11.4 Å². The minimum absolute atomic E-state index is 0.540. The van der Waals surface area contributed by atoms with Gasteiger partial charge >= 0.3 is 0 Å². The van der Waals surface area contributed by atoms with Crippen LogP contribution in [-0.2, 0) is 0 Å². The van der Waals surface area contributed by atoms with Gasteiger partial charge in [-0.15, -0.1) is 0 Å². The minimum Gasteiger partial charge on any atom is -0.369 e. The summed E-state index contributed by atoms with van der Waals surface area (Å²) in [4.78, 5) is 0. The molecule has 0 amide bonds. The molecule has 0 radical (unpaired) electrons. The van der Waals surface area contributed by atoms with E-state index in [-0.39, 0.29) is 0 Å². The van der Waals surface area contributed by atoms with E-state index in [0.29, 0.717) is 5.71 Å². The van der Waals surface area contributed by atoms with Crippen LogP contribution in [0.2, 0.25) is 0 Å². The molecule has 3 nitrogen and oxygen atoms in total. The summed E-state index contributed by atoms with van der Waals surface area (Å²) in [6, 6.07) is 7.48. The van der Waals surface area contributed by atoms with Gasteiger partial charge in [-0.2, -0.15) is 0 Å². The zero-order chi connectivity index (χ0) is 12.3. The van der Waals surface area contributed by atoms with Crippen LogP contribution in [0.25, 0.3) is 0 Å². The Morgan fingerprint density at radius 1 is 1.35 bits per heavy atom. The van der Waals surface area contributed by atoms with Crippen LogP contribution in [0.3, 0.4) is 0 Å². The smallest absolute Gasteiger partial charge is 0.150 e. The van der Waals surface area contributed by atoms with E-state index >= 15 is 0 Å². The van der Waals surface area contributed by atoms with Gasteiger partial charge in [0.25, 0.3) is 0 Å². The van der Waals surface area contributed by atoms with Gasteiger partial charge in [0.2, 0.25) is 0 Å². The maximum atomic E-state index is 9.91. The van der Waals surface area contributed by atoms with E-state index in [1.807, 2.05) is 42.5 Å². The molecular weight excluding hydrogens is 212 g/mol. The van der Waals surface area contributed by atoms with Crippen molar-refractivity contribution in [2.75, 3.05) is 5.32 Å². The highest BCUT2D eigenvalue weighted by Crippen LogP contribution is 2.17. The zero-order valence-corrected chi connectivity index (χ0v) is 9.77. The predicted molar refractivity (Wildman–Crippen MR) is 70.4 cm³/mol. The molecular formula is C14H16N2O. The molecule has 0 saturated heterocycles. The van der Waals surface area contributed by atoms with Gasteiger partial charge in [0, 0.05) is 11.4 Å². The number of hydrogen-bond donors (Lipinski definition) is 3. The number of anilines is 1. The quantitative estimate of drug-likeness (QED) is 0.548. The minimum atomic E-state index is -0.666. The summed E-state index contributed by atoms with van der Waals surface area (Å²) < 4.78 is 0. The molecule has 0 spiro atoms. The van der Waals surface area contributed by atoms with E-state index in [4.69, 9.17) is 5.41 Å². The zero-order valence-electron chi connectivity index (χ0n) is 9.77. The van der Waals surface area contributed by atoms with Gasteiger partial charge in [-0.25, -0.2) is 0 Å². The predicted octanol–water partition coefficient (Wildman–Crippen LogP) is 2.69. The highest BCUT2D eigenvalue weighted by atomic mass is 16.3. The lowest BCUT2D eigenvalue weighted by atomic mass is 10.1. The monoisotopic (exact) mass is 228 g/mol. The van der Waals surface area contributed by atoms with Crippen LogP contribution in [-0.4, -0.2) is 17.0 Å². The lowest BCUT2D eigenvalue weighted by Crippen LogP contribution is -2.19. The maximum absolute atomic E-state index is 9.91. The molecule has 0 heterocycles. The Balaban J connectivity index is 2.03. The molecule has 0 bridgehead atoms. The molecule has 0 saturated carbocycles. The van der Waals surface area contributed by atoms with E-state index in [2.05, 4.69) is 5.32 Å². The van der Waals surface area contributed by atoms with Crippen molar-refractivity contribution in [1.29, 1.82) is 5.41 Å². The Bertz CT molecular complexity index is 472. The second kappa shape index (κ2) is 4.97. The highest BCUT2D eigenvalue weighted by molar-refractivity contribution is 5.96. The molecule has 1 aliphatic rings. The molecule has 1 atom stereocenters. The normalized spacial score (nSPS) is 15.5. The summed E-state index contributed by atoms with van der Waals surface area (Å²) in [6.45, 7) is 1.76. The average Bonchev–Trinajstić information content (AvgIpc) is 2.83. The molecule has 1 aliphatic carbocycles. The molecule has 0 fully saturated rings. The Morgan fingerprint density at radius 2 is 2.06 bits per heavy atom. The molecule has 17 heavy (non-hydrogen) atoms. The van der Waals surface area contributed by atoms with E-state index < -0.39 is 6.23 Å². The highest BCUT2D eigenvalue weighted by Gasteiger charge is 2.09. The van der Waals surface area contributed by atoms with Crippen molar-refractivity contribution in [1.82, 2.24) is 0 Å². The first-order valence-corrected chi connectivity index (χ1v) is 5.63. The second-order valence-corrected chi connectivity index (χ2v) is 4.09. The van der Waals surface area contributed by atoms with Crippen LogP contribution < -0.4 is 5.32 Å². The fraction of sp³-hybridized carbons (Fsp3) is 0.214. The van der Waals surface area contributed by atoms with Gasteiger partial charge in [0.05, 0.1) is 0 Å². The molecule has 1 aromatic rings. The Morgan fingerprint density at radius 3 is 2.59 bits per heavy atom. The number of rotatable bonds is 4. The summed E-state index contributed by atoms with van der Waals surface area (Å²) >= 11 is 0. The van der Waals surface area contributed by atoms with E-state index in [1.54, 1.807) is 6.92 Å². The van der Waals surface area contributed by atoms with Crippen molar-refractivity contribution < 1.29 is 5.11 Å². The largest absolute Gasteiger partial charge is 0.369 e. The molecule has 88 valence electrons. The van der Waals surface area contributed by atoms with Crippen molar-refractivity contribution in [3.8, 4) is 0 Å². The first kappa shape index (κ1) is 11.6. The average molecular weight is 228 g/mol. The van der Waals surface area contributed by atoms with Gasteiger partial charge in [0.15, 0.2) is 6.23 Å². The first-order chi connectivity index (χ1) is 8.16. The van der Waals surface area contributed by atoms with Crippen LogP contribution in [0.5, 0.6) is 0 Å². The first-order valence-electron chi connectivity index (χ1n) is 5.63. The third kappa shape index (κ3) is 2.82. The van der Waals surface area contributed by atoms with Gasteiger partial charge < -0.3 is 15.8 Å². The van der Waals surface area contributed by atoms with Crippen LogP contribution in [0.4, 0.5) is 5.69 Å². The summed E-state index contributed by atoms with van der Waals surface area (Å²) in [5.74, 6) is 0. The molecule has 2 rings (SSSR count). The topological polar surface area (TPSA) is 56.1 Å². The Kier molecular flexibility index (Phi) is 3.40. The number of hydrogen-bond acceptors (Lipinski definition) is 3. The maximum Gasteiger partial charge on any atom is 0.150 e. The third-order valence-electron chi connectivity index (χ3n) is 2.74. The van der Waals surface area contributed by atoms with E-state index in [1.165, 1.54) is 0 Å². The second-order valence-electron chi connectivity index (χ2n) is 4.09. The number of aliphatic hydroxyl groups excluding tert-OH is 1. The molecule has 1 aromatic carbocycles. The number of benzene rings is 1. The SMILES string of the molecule is CC(=N)c1ccc(NC(O)C2=CCC=C2)cc1.